The molecule has 3 aromatic rings. The number of benzene rings is 2. The molecule has 0 bridgehead atoms. The van der Waals surface area contributed by atoms with Gasteiger partial charge in [0.1, 0.15) is 10.8 Å². The summed E-state index contributed by atoms with van der Waals surface area (Å²) in [4.78, 5) is 17.5. The maximum absolute atomic E-state index is 11.9. The molecule has 118 valence electrons. The SMILES string of the molecule is COc1ccc(SCC(=O)NCc2nc3ccccc3s2)cc1. The van der Waals surface area contributed by atoms with E-state index in [4.69, 9.17) is 4.74 Å². The van der Waals surface area contributed by atoms with E-state index in [1.54, 1.807) is 18.4 Å². The third kappa shape index (κ3) is 4.24. The Hall–Kier alpha value is -2.05. The van der Waals surface area contributed by atoms with Crippen LogP contribution >= 0.6 is 23.1 Å². The number of hydrogen-bond acceptors (Lipinski definition) is 5. The number of amides is 1. The van der Waals surface area contributed by atoms with E-state index in [1.165, 1.54) is 11.8 Å². The van der Waals surface area contributed by atoms with Gasteiger partial charge < -0.3 is 10.1 Å². The molecule has 1 N–H and O–H groups in total. The van der Waals surface area contributed by atoms with Gasteiger partial charge in [-0.05, 0) is 36.4 Å². The molecule has 23 heavy (non-hydrogen) atoms. The van der Waals surface area contributed by atoms with Crippen LogP contribution in [0.5, 0.6) is 5.75 Å². The highest BCUT2D eigenvalue weighted by Gasteiger charge is 2.06. The Kier molecular flexibility index (Phi) is 5.15. The predicted octanol–water partition coefficient (Wildman–Crippen LogP) is 3.71. The van der Waals surface area contributed by atoms with Crippen LogP contribution in [0.1, 0.15) is 5.01 Å². The van der Waals surface area contributed by atoms with E-state index in [-0.39, 0.29) is 5.91 Å². The van der Waals surface area contributed by atoms with Crippen LogP contribution in [0.4, 0.5) is 0 Å². The van der Waals surface area contributed by atoms with Crippen LogP contribution in [0.15, 0.2) is 53.4 Å². The second-order valence-electron chi connectivity index (χ2n) is 4.82. The molecule has 0 aliphatic carbocycles. The van der Waals surface area contributed by atoms with E-state index in [2.05, 4.69) is 10.3 Å². The molecule has 0 saturated heterocycles. The number of para-hydroxylation sites is 1. The standard InChI is InChI=1S/C17H16N2O2S2/c1-21-12-6-8-13(9-7-12)22-11-16(20)18-10-17-19-14-4-2-3-5-15(14)23-17/h2-9H,10-11H2,1H3,(H,18,20). The summed E-state index contributed by atoms with van der Waals surface area (Å²) >= 11 is 3.11. The van der Waals surface area contributed by atoms with Gasteiger partial charge in [-0.2, -0.15) is 0 Å². The summed E-state index contributed by atoms with van der Waals surface area (Å²) in [6.45, 7) is 0.474. The molecule has 0 spiro atoms. The summed E-state index contributed by atoms with van der Waals surface area (Å²) in [5, 5.41) is 3.84. The minimum Gasteiger partial charge on any atom is -0.497 e. The summed E-state index contributed by atoms with van der Waals surface area (Å²) in [5.74, 6) is 1.21. The van der Waals surface area contributed by atoms with Crippen molar-refractivity contribution >= 4 is 39.2 Å². The number of ether oxygens (including phenoxy) is 1. The van der Waals surface area contributed by atoms with Crippen molar-refractivity contribution in [3.63, 3.8) is 0 Å². The van der Waals surface area contributed by atoms with Gasteiger partial charge in [0.05, 0.1) is 29.6 Å². The summed E-state index contributed by atoms with van der Waals surface area (Å²) in [7, 11) is 1.64. The third-order valence-corrected chi connectivity index (χ3v) is 5.25. The minimum absolute atomic E-state index is 0.00470. The molecule has 0 atom stereocenters. The first-order chi connectivity index (χ1) is 11.2. The number of carbonyl (C=O) groups is 1. The minimum atomic E-state index is 0.00470. The summed E-state index contributed by atoms with van der Waals surface area (Å²) in [5.41, 5.74) is 0.981. The fourth-order valence-electron chi connectivity index (χ4n) is 2.04. The predicted molar refractivity (Wildman–Crippen MR) is 95.2 cm³/mol. The molecular formula is C17H16N2O2S2. The molecule has 6 heteroatoms. The first kappa shape index (κ1) is 15.8. The summed E-state index contributed by atoms with van der Waals surface area (Å²) in [6.07, 6.45) is 0. The number of methoxy groups -OCH3 is 1. The number of thioether (sulfide) groups is 1. The number of hydrogen-bond donors (Lipinski definition) is 1. The Morgan fingerprint density at radius 3 is 2.74 bits per heavy atom. The lowest BCUT2D eigenvalue weighted by molar-refractivity contribution is -0.118. The Labute approximate surface area is 142 Å². The van der Waals surface area contributed by atoms with Crippen LogP contribution in [0.3, 0.4) is 0 Å². The first-order valence-electron chi connectivity index (χ1n) is 7.12. The zero-order valence-electron chi connectivity index (χ0n) is 12.6. The maximum atomic E-state index is 11.9. The number of carbonyl (C=O) groups excluding carboxylic acids is 1. The molecule has 0 unspecified atom stereocenters. The van der Waals surface area contributed by atoms with Crippen molar-refractivity contribution in [2.45, 2.75) is 11.4 Å². The van der Waals surface area contributed by atoms with Crippen LogP contribution in [-0.4, -0.2) is 23.8 Å². The molecule has 0 aliphatic rings. The average Bonchev–Trinajstić information content (AvgIpc) is 3.01. The lowest BCUT2D eigenvalue weighted by Gasteiger charge is -2.04. The summed E-state index contributed by atoms with van der Waals surface area (Å²) < 4.78 is 6.26. The Balaban J connectivity index is 1.49. The van der Waals surface area contributed by atoms with E-state index < -0.39 is 0 Å². The molecule has 0 aliphatic heterocycles. The zero-order chi connectivity index (χ0) is 16.1. The van der Waals surface area contributed by atoms with Crippen molar-refractivity contribution in [2.24, 2.45) is 0 Å². The highest BCUT2D eigenvalue weighted by molar-refractivity contribution is 8.00. The van der Waals surface area contributed by atoms with E-state index in [0.717, 1.165) is 25.9 Å². The van der Waals surface area contributed by atoms with Crippen LogP contribution < -0.4 is 10.1 Å². The fourth-order valence-corrected chi connectivity index (χ4v) is 3.68. The quantitative estimate of drug-likeness (QED) is 0.693. The Morgan fingerprint density at radius 1 is 1.22 bits per heavy atom. The molecule has 0 fully saturated rings. The largest absolute Gasteiger partial charge is 0.497 e. The molecule has 0 saturated carbocycles. The molecule has 1 heterocycles. The van der Waals surface area contributed by atoms with E-state index >= 15 is 0 Å². The smallest absolute Gasteiger partial charge is 0.230 e. The Bertz CT molecular complexity index is 767. The topological polar surface area (TPSA) is 51.2 Å². The van der Waals surface area contributed by atoms with Gasteiger partial charge in [0, 0.05) is 4.90 Å². The van der Waals surface area contributed by atoms with E-state index in [1.807, 2.05) is 48.5 Å². The lowest BCUT2D eigenvalue weighted by atomic mass is 10.3. The van der Waals surface area contributed by atoms with Gasteiger partial charge >= 0.3 is 0 Å². The van der Waals surface area contributed by atoms with Crippen LogP contribution in [0.25, 0.3) is 10.2 Å². The molecular weight excluding hydrogens is 328 g/mol. The molecule has 4 nitrogen and oxygen atoms in total. The Morgan fingerprint density at radius 2 is 2.00 bits per heavy atom. The number of nitrogens with zero attached hydrogens (tertiary/aromatic N) is 1. The van der Waals surface area contributed by atoms with E-state index in [0.29, 0.717) is 12.3 Å². The van der Waals surface area contributed by atoms with Gasteiger partial charge in [-0.3, -0.25) is 4.79 Å². The fraction of sp³-hybridized carbons (Fsp3) is 0.176. The van der Waals surface area contributed by atoms with Crippen LogP contribution in [0.2, 0.25) is 0 Å². The first-order valence-corrected chi connectivity index (χ1v) is 8.93. The molecule has 1 amide bonds. The normalized spacial score (nSPS) is 10.7. The van der Waals surface area contributed by atoms with Gasteiger partial charge in [0.2, 0.25) is 5.91 Å². The van der Waals surface area contributed by atoms with Crippen molar-refractivity contribution < 1.29 is 9.53 Å². The van der Waals surface area contributed by atoms with Gasteiger partial charge in [-0.15, -0.1) is 23.1 Å². The lowest BCUT2D eigenvalue weighted by Crippen LogP contribution is -2.24. The van der Waals surface area contributed by atoms with Gasteiger partial charge in [-0.1, -0.05) is 12.1 Å². The maximum Gasteiger partial charge on any atom is 0.230 e. The van der Waals surface area contributed by atoms with Crippen molar-refractivity contribution in [3.05, 3.63) is 53.5 Å². The van der Waals surface area contributed by atoms with Crippen molar-refractivity contribution in [1.82, 2.24) is 10.3 Å². The van der Waals surface area contributed by atoms with Crippen molar-refractivity contribution in [3.8, 4) is 5.75 Å². The molecule has 3 rings (SSSR count). The molecule has 2 aromatic carbocycles. The number of fused-ring (bicyclic) bond motifs is 1. The molecule has 1 aromatic heterocycles. The second-order valence-corrected chi connectivity index (χ2v) is 6.98. The van der Waals surface area contributed by atoms with Gasteiger partial charge in [0.15, 0.2) is 0 Å². The summed E-state index contributed by atoms with van der Waals surface area (Å²) in [6, 6.07) is 15.7. The van der Waals surface area contributed by atoms with Gasteiger partial charge in [0.25, 0.3) is 0 Å². The van der Waals surface area contributed by atoms with Crippen LogP contribution in [0, 0.1) is 0 Å². The monoisotopic (exact) mass is 344 g/mol. The van der Waals surface area contributed by atoms with Crippen molar-refractivity contribution in [2.75, 3.05) is 12.9 Å². The number of aromatic nitrogens is 1. The van der Waals surface area contributed by atoms with Crippen LogP contribution in [-0.2, 0) is 11.3 Å². The third-order valence-electron chi connectivity index (χ3n) is 3.20. The number of thiazole rings is 1. The molecule has 0 radical (unpaired) electrons. The highest BCUT2D eigenvalue weighted by atomic mass is 32.2. The number of nitrogens with one attached hydrogen (secondary N) is 1. The van der Waals surface area contributed by atoms with Gasteiger partial charge in [-0.25, -0.2) is 4.98 Å². The second kappa shape index (κ2) is 7.48. The zero-order valence-corrected chi connectivity index (χ0v) is 14.2. The van der Waals surface area contributed by atoms with Crippen molar-refractivity contribution in [1.29, 1.82) is 0 Å². The highest BCUT2D eigenvalue weighted by Crippen LogP contribution is 2.22. The van der Waals surface area contributed by atoms with E-state index in [9.17, 15) is 4.79 Å². The number of rotatable bonds is 6. The average molecular weight is 344 g/mol.